The molecular weight excluding hydrogens is 234 g/mol. The van der Waals surface area contributed by atoms with Gasteiger partial charge in [0.25, 0.3) is 5.91 Å². The van der Waals surface area contributed by atoms with Gasteiger partial charge in [-0.1, -0.05) is 12.1 Å². The van der Waals surface area contributed by atoms with Crippen LogP contribution in [0.2, 0.25) is 0 Å². The molecule has 0 atom stereocenters. The summed E-state index contributed by atoms with van der Waals surface area (Å²) < 4.78 is 0. The van der Waals surface area contributed by atoms with E-state index in [1.807, 2.05) is 0 Å². The highest BCUT2D eigenvalue weighted by Crippen LogP contribution is 2.09. The lowest BCUT2D eigenvalue weighted by Gasteiger charge is -2.05. The largest absolute Gasteiger partial charge is 0.396 e. The summed E-state index contributed by atoms with van der Waals surface area (Å²) in [4.78, 5) is 23.3. The molecule has 1 aromatic rings. The summed E-state index contributed by atoms with van der Waals surface area (Å²) in [6.45, 7) is 0.0325. The topological polar surface area (TPSA) is 86.6 Å². The molecule has 0 bridgehead atoms. The number of carbonyl (C=O) groups is 2. The van der Waals surface area contributed by atoms with E-state index in [0.717, 1.165) is 0 Å². The van der Waals surface area contributed by atoms with Gasteiger partial charge < -0.3 is 15.5 Å². The number of hydrogen-bond acceptors (Lipinski definition) is 4. The number of Topliss-reactive ketones (excluding diaryl/α,β-unsaturated/α-hetero) is 1. The van der Waals surface area contributed by atoms with Crippen LogP contribution in [0.5, 0.6) is 0 Å². The molecule has 0 heterocycles. The molecule has 0 saturated heterocycles. The minimum atomic E-state index is -0.319. The van der Waals surface area contributed by atoms with Gasteiger partial charge in [0.2, 0.25) is 0 Å². The van der Waals surface area contributed by atoms with E-state index in [1.165, 1.54) is 6.07 Å². The van der Waals surface area contributed by atoms with Crippen molar-refractivity contribution in [3.8, 4) is 0 Å². The van der Waals surface area contributed by atoms with Crippen molar-refractivity contribution in [2.45, 2.75) is 12.8 Å². The standard InChI is InChI=1S/C13H17NO4/c15-7-2-5-12(17)10-3-1-4-11(9-10)13(18)14-6-8-16/h1,3-4,9,15-16H,2,5-8H2,(H,14,18). The Morgan fingerprint density at radius 1 is 1.11 bits per heavy atom. The Kier molecular flexibility index (Phi) is 6.04. The van der Waals surface area contributed by atoms with E-state index in [4.69, 9.17) is 10.2 Å². The molecule has 0 saturated carbocycles. The number of aliphatic hydroxyl groups excluding tert-OH is 2. The molecule has 0 radical (unpaired) electrons. The second-order valence-corrected chi connectivity index (χ2v) is 3.81. The first-order valence-corrected chi connectivity index (χ1v) is 5.82. The number of amides is 1. The third kappa shape index (κ3) is 4.27. The maximum atomic E-state index is 11.7. The molecule has 98 valence electrons. The monoisotopic (exact) mass is 251 g/mol. The Morgan fingerprint density at radius 3 is 2.50 bits per heavy atom. The zero-order valence-electron chi connectivity index (χ0n) is 10.1. The highest BCUT2D eigenvalue weighted by atomic mass is 16.3. The lowest BCUT2D eigenvalue weighted by atomic mass is 10.0. The molecule has 1 amide bonds. The third-order valence-corrected chi connectivity index (χ3v) is 2.41. The number of rotatable bonds is 7. The number of ketones is 1. The van der Waals surface area contributed by atoms with Crippen molar-refractivity contribution in [2.24, 2.45) is 0 Å². The van der Waals surface area contributed by atoms with Crippen molar-refractivity contribution in [3.63, 3.8) is 0 Å². The average molecular weight is 251 g/mol. The molecule has 0 aromatic heterocycles. The van der Waals surface area contributed by atoms with Crippen LogP contribution in [-0.4, -0.2) is 41.7 Å². The van der Waals surface area contributed by atoms with Gasteiger partial charge >= 0.3 is 0 Å². The van der Waals surface area contributed by atoms with E-state index in [-0.39, 0.29) is 37.9 Å². The van der Waals surface area contributed by atoms with Crippen LogP contribution in [0.4, 0.5) is 0 Å². The fourth-order valence-electron chi connectivity index (χ4n) is 1.49. The molecule has 18 heavy (non-hydrogen) atoms. The minimum absolute atomic E-state index is 0.0254. The average Bonchev–Trinajstić information content (AvgIpc) is 2.42. The number of aliphatic hydroxyl groups is 2. The summed E-state index contributed by atoms with van der Waals surface area (Å²) in [5, 5.41) is 19.8. The van der Waals surface area contributed by atoms with Crippen LogP contribution in [-0.2, 0) is 0 Å². The lowest BCUT2D eigenvalue weighted by molar-refractivity contribution is 0.0944. The Bertz CT molecular complexity index is 382. The fraction of sp³-hybridized carbons (Fsp3) is 0.385. The van der Waals surface area contributed by atoms with Crippen LogP contribution in [0, 0.1) is 0 Å². The molecule has 0 fully saturated rings. The van der Waals surface area contributed by atoms with E-state index in [1.54, 1.807) is 18.2 Å². The summed E-state index contributed by atoms with van der Waals surface area (Å²) in [7, 11) is 0. The SMILES string of the molecule is O=C(CCCO)c1cccc(C(=O)NCCO)c1. The van der Waals surface area contributed by atoms with Crippen LogP contribution < -0.4 is 5.32 Å². The van der Waals surface area contributed by atoms with Crippen molar-refractivity contribution >= 4 is 11.7 Å². The van der Waals surface area contributed by atoms with Gasteiger partial charge in [0.15, 0.2) is 5.78 Å². The molecule has 0 aliphatic carbocycles. The van der Waals surface area contributed by atoms with Gasteiger partial charge in [-0.2, -0.15) is 0 Å². The van der Waals surface area contributed by atoms with Crippen molar-refractivity contribution in [1.29, 1.82) is 0 Å². The molecule has 0 spiro atoms. The molecule has 5 heteroatoms. The summed E-state index contributed by atoms with van der Waals surface area (Å²) in [6.07, 6.45) is 0.679. The maximum absolute atomic E-state index is 11.7. The van der Waals surface area contributed by atoms with Gasteiger partial charge in [-0.05, 0) is 18.6 Å². The van der Waals surface area contributed by atoms with E-state index in [0.29, 0.717) is 17.5 Å². The van der Waals surface area contributed by atoms with Gasteiger partial charge in [0.1, 0.15) is 0 Å². The minimum Gasteiger partial charge on any atom is -0.396 e. The summed E-state index contributed by atoms with van der Waals surface area (Å²) in [6, 6.07) is 6.41. The fourth-order valence-corrected chi connectivity index (χ4v) is 1.49. The van der Waals surface area contributed by atoms with Crippen LogP contribution in [0.1, 0.15) is 33.6 Å². The maximum Gasteiger partial charge on any atom is 0.251 e. The van der Waals surface area contributed by atoms with Crippen LogP contribution >= 0.6 is 0 Å². The predicted molar refractivity (Wildman–Crippen MR) is 66.5 cm³/mol. The number of carbonyl (C=O) groups excluding carboxylic acids is 2. The first kappa shape index (κ1) is 14.3. The van der Waals surface area contributed by atoms with Crippen LogP contribution in [0.25, 0.3) is 0 Å². The van der Waals surface area contributed by atoms with Gasteiger partial charge in [-0.15, -0.1) is 0 Å². The van der Waals surface area contributed by atoms with E-state index in [9.17, 15) is 9.59 Å². The van der Waals surface area contributed by atoms with E-state index in [2.05, 4.69) is 5.32 Å². The zero-order valence-corrected chi connectivity index (χ0v) is 10.1. The second-order valence-electron chi connectivity index (χ2n) is 3.81. The molecule has 3 N–H and O–H groups in total. The Balaban J connectivity index is 2.72. The highest BCUT2D eigenvalue weighted by Gasteiger charge is 2.09. The molecule has 0 unspecified atom stereocenters. The summed E-state index contributed by atoms with van der Waals surface area (Å²) >= 11 is 0. The Labute approximate surface area is 105 Å². The van der Waals surface area contributed by atoms with Crippen LogP contribution in [0.3, 0.4) is 0 Å². The Morgan fingerprint density at radius 2 is 1.83 bits per heavy atom. The zero-order chi connectivity index (χ0) is 13.4. The normalized spacial score (nSPS) is 10.1. The summed E-state index contributed by atoms with van der Waals surface area (Å²) in [5.41, 5.74) is 0.846. The van der Waals surface area contributed by atoms with Gasteiger partial charge in [-0.25, -0.2) is 0 Å². The van der Waals surface area contributed by atoms with E-state index >= 15 is 0 Å². The number of benzene rings is 1. The van der Waals surface area contributed by atoms with Crippen molar-refractivity contribution in [1.82, 2.24) is 5.32 Å². The molecule has 5 nitrogen and oxygen atoms in total. The van der Waals surface area contributed by atoms with Gasteiger partial charge in [-0.3, -0.25) is 9.59 Å². The molecule has 0 aliphatic rings. The van der Waals surface area contributed by atoms with Crippen molar-refractivity contribution < 1.29 is 19.8 Å². The number of hydrogen-bond donors (Lipinski definition) is 3. The predicted octanol–water partition coefficient (Wildman–Crippen LogP) is 0.364. The molecule has 1 aromatic carbocycles. The smallest absolute Gasteiger partial charge is 0.251 e. The Hall–Kier alpha value is -1.72. The van der Waals surface area contributed by atoms with Crippen molar-refractivity contribution in [3.05, 3.63) is 35.4 Å². The second kappa shape index (κ2) is 7.58. The summed E-state index contributed by atoms with van der Waals surface area (Å²) in [5.74, 6) is -0.415. The van der Waals surface area contributed by atoms with Crippen LogP contribution in [0.15, 0.2) is 24.3 Å². The number of nitrogens with one attached hydrogen (secondary N) is 1. The molecular formula is C13H17NO4. The molecule has 0 aliphatic heterocycles. The highest BCUT2D eigenvalue weighted by molar-refractivity contribution is 6.00. The third-order valence-electron chi connectivity index (χ3n) is 2.41. The first-order valence-electron chi connectivity index (χ1n) is 5.82. The first-order chi connectivity index (χ1) is 8.69. The lowest BCUT2D eigenvalue weighted by Crippen LogP contribution is -2.26. The molecule has 1 rings (SSSR count). The van der Waals surface area contributed by atoms with Gasteiger partial charge in [0.05, 0.1) is 6.61 Å². The van der Waals surface area contributed by atoms with Gasteiger partial charge in [0, 0.05) is 30.7 Å². The quantitative estimate of drug-likeness (QED) is 0.611. The van der Waals surface area contributed by atoms with E-state index < -0.39 is 0 Å². The van der Waals surface area contributed by atoms with Crippen molar-refractivity contribution in [2.75, 3.05) is 19.8 Å².